The molecule has 0 spiro atoms. The minimum atomic E-state index is -0.726. The van der Waals surface area contributed by atoms with Crippen LogP contribution in [-0.2, 0) is 4.79 Å². The maximum absolute atomic E-state index is 10.9. The Hall–Kier alpha value is -0.870. The Bertz CT molecular complexity index is 231. The largest absolute Gasteiger partial charge is 0.394 e. The van der Waals surface area contributed by atoms with Crippen LogP contribution in [0.1, 0.15) is 19.8 Å². The van der Waals surface area contributed by atoms with Gasteiger partial charge in [-0.3, -0.25) is 4.79 Å². The lowest BCUT2D eigenvalue weighted by Gasteiger charge is -2.27. The monoisotopic (exact) mass is 185 g/mol. The summed E-state index contributed by atoms with van der Waals surface area (Å²) < 4.78 is 0. The molecule has 0 bridgehead atoms. The fourth-order valence-corrected chi connectivity index (χ4v) is 1.21. The molecule has 4 nitrogen and oxygen atoms in total. The molecule has 0 amide bonds. The van der Waals surface area contributed by atoms with Crippen LogP contribution >= 0.6 is 0 Å². The first-order chi connectivity index (χ1) is 6.09. The minimum absolute atomic E-state index is 0.0979. The van der Waals surface area contributed by atoms with Gasteiger partial charge in [-0.15, -0.1) is 0 Å². The van der Waals surface area contributed by atoms with E-state index in [4.69, 9.17) is 10.2 Å². The van der Waals surface area contributed by atoms with Crippen molar-refractivity contribution in [3.8, 4) is 0 Å². The molecular formula is C9H15NO3. The highest BCUT2D eigenvalue weighted by molar-refractivity contribution is 5.92. The van der Waals surface area contributed by atoms with E-state index in [0.717, 1.165) is 5.70 Å². The van der Waals surface area contributed by atoms with E-state index in [1.807, 2.05) is 0 Å². The van der Waals surface area contributed by atoms with Gasteiger partial charge in [-0.25, -0.2) is 0 Å². The van der Waals surface area contributed by atoms with Crippen molar-refractivity contribution < 1.29 is 15.0 Å². The third-order valence-electron chi connectivity index (χ3n) is 2.14. The molecule has 1 aliphatic carbocycles. The standard InChI is InChI=1S/C9H15NO3/c1-9(5-11,6-12)10-7-2-3-8(13)4-7/h4,10-12H,2-3,5-6H2,1H3. The Morgan fingerprint density at radius 1 is 1.46 bits per heavy atom. The summed E-state index contributed by atoms with van der Waals surface area (Å²) >= 11 is 0. The van der Waals surface area contributed by atoms with E-state index in [-0.39, 0.29) is 19.0 Å². The molecule has 0 aliphatic heterocycles. The molecule has 4 heteroatoms. The Kier molecular flexibility index (Phi) is 3.06. The summed E-state index contributed by atoms with van der Waals surface area (Å²) in [7, 11) is 0. The Morgan fingerprint density at radius 3 is 2.46 bits per heavy atom. The van der Waals surface area contributed by atoms with Crippen LogP contribution in [0.2, 0.25) is 0 Å². The Balaban J connectivity index is 2.57. The predicted molar refractivity (Wildman–Crippen MR) is 48.0 cm³/mol. The summed E-state index contributed by atoms with van der Waals surface area (Å²) in [6.45, 7) is 1.39. The second-order valence-corrected chi connectivity index (χ2v) is 3.64. The highest BCUT2D eigenvalue weighted by Gasteiger charge is 2.24. The molecule has 0 atom stereocenters. The fourth-order valence-electron chi connectivity index (χ4n) is 1.21. The Morgan fingerprint density at radius 2 is 2.08 bits per heavy atom. The normalized spacial score (nSPS) is 17.5. The van der Waals surface area contributed by atoms with Gasteiger partial charge in [0.2, 0.25) is 0 Å². The number of allylic oxidation sites excluding steroid dienone is 2. The van der Waals surface area contributed by atoms with Crippen molar-refractivity contribution in [2.75, 3.05) is 13.2 Å². The SMILES string of the molecule is CC(CO)(CO)NC1=CC(=O)CC1. The van der Waals surface area contributed by atoms with E-state index in [1.165, 1.54) is 6.08 Å². The highest BCUT2D eigenvalue weighted by atomic mass is 16.3. The van der Waals surface area contributed by atoms with Crippen molar-refractivity contribution >= 4 is 5.78 Å². The zero-order valence-electron chi connectivity index (χ0n) is 7.71. The van der Waals surface area contributed by atoms with Gasteiger partial charge in [0.1, 0.15) is 0 Å². The number of carbonyl (C=O) groups is 1. The summed E-state index contributed by atoms with van der Waals surface area (Å²) in [6, 6.07) is 0. The fraction of sp³-hybridized carbons (Fsp3) is 0.667. The van der Waals surface area contributed by atoms with Gasteiger partial charge in [-0.1, -0.05) is 0 Å². The van der Waals surface area contributed by atoms with Gasteiger partial charge in [0.15, 0.2) is 5.78 Å². The number of nitrogens with one attached hydrogen (secondary N) is 1. The minimum Gasteiger partial charge on any atom is -0.394 e. The van der Waals surface area contributed by atoms with Crippen molar-refractivity contribution in [1.29, 1.82) is 0 Å². The first kappa shape index (κ1) is 10.2. The highest BCUT2D eigenvalue weighted by Crippen LogP contribution is 2.15. The van der Waals surface area contributed by atoms with E-state index >= 15 is 0 Å². The summed E-state index contributed by atoms with van der Waals surface area (Å²) in [5.74, 6) is 0.0979. The molecule has 0 aromatic rings. The van der Waals surface area contributed by atoms with Crippen molar-refractivity contribution in [3.05, 3.63) is 11.8 Å². The summed E-state index contributed by atoms with van der Waals surface area (Å²) in [5, 5.41) is 20.9. The van der Waals surface area contributed by atoms with Crippen LogP contribution in [0.25, 0.3) is 0 Å². The molecule has 13 heavy (non-hydrogen) atoms. The van der Waals surface area contributed by atoms with E-state index in [2.05, 4.69) is 5.32 Å². The van der Waals surface area contributed by atoms with E-state index in [9.17, 15) is 4.79 Å². The van der Waals surface area contributed by atoms with Gasteiger partial charge >= 0.3 is 0 Å². The quantitative estimate of drug-likeness (QED) is 0.555. The van der Waals surface area contributed by atoms with Crippen LogP contribution in [0.3, 0.4) is 0 Å². The van der Waals surface area contributed by atoms with Crippen molar-refractivity contribution in [3.63, 3.8) is 0 Å². The lowest BCUT2D eigenvalue weighted by Crippen LogP contribution is -2.48. The van der Waals surface area contributed by atoms with Crippen LogP contribution in [0.4, 0.5) is 0 Å². The van der Waals surface area contributed by atoms with E-state index in [0.29, 0.717) is 12.8 Å². The van der Waals surface area contributed by atoms with Gasteiger partial charge in [0, 0.05) is 18.2 Å². The van der Waals surface area contributed by atoms with E-state index in [1.54, 1.807) is 6.92 Å². The van der Waals surface area contributed by atoms with Crippen LogP contribution in [0, 0.1) is 0 Å². The number of carbonyl (C=O) groups excluding carboxylic acids is 1. The molecule has 3 N–H and O–H groups in total. The first-order valence-electron chi connectivity index (χ1n) is 4.33. The molecule has 0 saturated carbocycles. The predicted octanol–water partition coefficient (Wildman–Crippen LogP) is -0.434. The topological polar surface area (TPSA) is 69.6 Å². The smallest absolute Gasteiger partial charge is 0.157 e. The lowest BCUT2D eigenvalue weighted by molar-refractivity contribution is -0.114. The molecule has 74 valence electrons. The van der Waals surface area contributed by atoms with Crippen LogP contribution in [0.5, 0.6) is 0 Å². The number of ketones is 1. The average Bonchev–Trinajstić information content (AvgIpc) is 2.51. The molecule has 0 saturated heterocycles. The molecule has 0 fully saturated rings. The number of hydrogen-bond acceptors (Lipinski definition) is 4. The summed E-state index contributed by atoms with van der Waals surface area (Å²) in [5.41, 5.74) is 0.0757. The molecule has 0 aromatic heterocycles. The van der Waals surface area contributed by atoms with Crippen molar-refractivity contribution in [2.45, 2.75) is 25.3 Å². The summed E-state index contributed by atoms with van der Waals surface area (Å²) in [4.78, 5) is 10.9. The van der Waals surface area contributed by atoms with Gasteiger partial charge in [0.25, 0.3) is 0 Å². The van der Waals surface area contributed by atoms with Gasteiger partial charge < -0.3 is 15.5 Å². The van der Waals surface area contributed by atoms with Crippen molar-refractivity contribution in [1.82, 2.24) is 5.32 Å². The van der Waals surface area contributed by atoms with Gasteiger partial charge in [-0.05, 0) is 13.3 Å². The van der Waals surface area contributed by atoms with E-state index < -0.39 is 5.54 Å². The number of hydrogen-bond donors (Lipinski definition) is 3. The third-order valence-corrected chi connectivity index (χ3v) is 2.14. The lowest BCUT2D eigenvalue weighted by atomic mass is 10.1. The van der Waals surface area contributed by atoms with Crippen LogP contribution < -0.4 is 5.32 Å². The maximum atomic E-state index is 10.9. The first-order valence-corrected chi connectivity index (χ1v) is 4.33. The molecule has 0 radical (unpaired) electrons. The second kappa shape index (κ2) is 3.89. The number of rotatable bonds is 4. The molecule has 1 rings (SSSR count). The zero-order chi connectivity index (χ0) is 9.90. The maximum Gasteiger partial charge on any atom is 0.157 e. The molecule has 0 unspecified atom stereocenters. The second-order valence-electron chi connectivity index (χ2n) is 3.64. The molecule has 0 aromatic carbocycles. The molecule has 0 heterocycles. The zero-order valence-corrected chi connectivity index (χ0v) is 7.71. The van der Waals surface area contributed by atoms with Crippen LogP contribution in [-0.4, -0.2) is 34.7 Å². The third kappa shape index (κ3) is 2.54. The summed E-state index contributed by atoms with van der Waals surface area (Å²) in [6.07, 6.45) is 2.73. The Labute approximate surface area is 77.3 Å². The average molecular weight is 185 g/mol. The van der Waals surface area contributed by atoms with Gasteiger partial charge in [0.05, 0.1) is 18.8 Å². The van der Waals surface area contributed by atoms with Crippen LogP contribution in [0.15, 0.2) is 11.8 Å². The van der Waals surface area contributed by atoms with Crippen molar-refractivity contribution in [2.24, 2.45) is 0 Å². The number of aliphatic hydroxyl groups excluding tert-OH is 2. The van der Waals surface area contributed by atoms with Gasteiger partial charge in [-0.2, -0.15) is 0 Å². The number of aliphatic hydroxyl groups is 2. The molecule has 1 aliphatic rings. The molecular weight excluding hydrogens is 170 g/mol.